The van der Waals surface area contributed by atoms with Crippen molar-refractivity contribution < 1.29 is 12.6 Å². The second-order valence-corrected chi connectivity index (χ2v) is 4.29. The second-order valence-electron chi connectivity index (χ2n) is 3.85. The molecule has 4 nitrogen and oxygen atoms in total. The first kappa shape index (κ1) is 10.8. The number of ether oxygens (including phenoxy) is 1. The molecule has 0 aromatic heterocycles. The van der Waals surface area contributed by atoms with Crippen molar-refractivity contribution in [1.82, 2.24) is 0 Å². The van der Waals surface area contributed by atoms with Gasteiger partial charge in [-0.1, -0.05) is 0 Å². The third-order valence-electron chi connectivity index (χ3n) is 2.70. The van der Waals surface area contributed by atoms with Gasteiger partial charge in [-0.15, -0.1) is 0 Å². The SMILES string of the molecule is O=C1C=CC2=Nc3ccc(OI)cc3OC2C1. The molecule has 0 N–H and O–H groups in total. The summed E-state index contributed by atoms with van der Waals surface area (Å²) in [5.41, 5.74) is 1.58. The number of aliphatic imine (C=N–C) groups is 1. The van der Waals surface area contributed by atoms with Crippen molar-refractivity contribution in [3.8, 4) is 11.5 Å². The lowest BCUT2D eigenvalue weighted by Crippen LogP contribution is -2.33. The van der Waals surface area contributed by atoms with Gasteiger partial charge in [0.25, 0.3) is 0 Å². The summed E-state index contributed by atoms with van der Waals surface area (Å²) in [7, 11) is 0. The molecule has 1 aromatic carbocycles. The molecular formula is C12H8INO3. The molecule has 17 heavy (non-hydrogen) atoms. The molecule has 0 radical (unpaired) electrons. The smallest absolute Gasteiger partial charge is 0.192 e. The van der Waals surface area contributed by atoms with Crippen molar-refractivity contribution in [2.45, 2.75) is 12.5 Å². The van der Waals surface area contributed by atoms with E-state index in [1.807, 2.05) is 35.1 Å². The molecule has 5 heteroatoms. The number of allylic oxidation sites excluding steroid dienone is 1. The molecule has 0 fully saturated rings. The zero-order valence-electron chi connectivity index (χ0n) is 8.72. The average Bonchev–Trinajstić information content (AvgIpc) is 2.35. The maximum absolute atomic E-state index is 11.3. The van der Waals surface area contributed by atoms with E-state index in [4.69, 9.17) is 7.80 Å². The van der Waals surface area contributed by atoms with Crippen molar-refractivity contribution in [3.63, 3.8) is 0 Å². The van der Waals surface area contributed by atoms with Gasteiger partial charge in [0.1, 0.15) is 23.3 Å². The normalized spacial score (nSPS) is 21.1. The summed E-state index contributed by atoms with van der Waals surface area (Å²) in [6.45, 7) is 0. The van der Waals surface area contributed by atoms with Crippen LogP contribution in [0.3, 0.4) is 0 Å². The predicted molar refractivity (Wildman–Crippen MR) is 71.4 cm³/mol. The van der Waals surface area contributed by atoms with Gasteiger partial charge in [0.05, 0.1) is 12.1 Å². The summed E-state index contributed by atoms with van der Waals surface area (Å²) in [5, 5.41) is 0. The van der Waals surface area contributed by atoms with Gasteiger partial charge in [-0.05, 0) is 24.3 Å². The number of rotatable bonds is 1. The van der Waals surface area contributed by atoms with Crippen molar-refractivity contribution in [2.24, 2.45) is 4.99 Å². The van der Waals surface area contributed by atoms with Crippen molar-refractivity contribution in [1.29, 1.82) is 0 Å². The van der Waals surface area contributed by atoms with Crippen LogP contribution in [0, 0.1) is 0 Å². The Balaban J connectivity index is 2.03. The van der Waals surface area contributed by atoms with Crippen molar-refractivity contribution >= 4 is 40.2 Å². The zero-order valence-corrected chi connectivity index (χ0v) is 10.9. The average molecular weight is 341 g/mol. The van der Waals surface area contributed by atoms with Crippen LogP contribution in [0.5, 0.6) is 11.5 Å². The molecule has 1 heterocycles. The first-order valence-electron chi connectivity index (χ1n) is 5.15. The lowest BCUT2D eigenvalue weighted by molar-refractivity contribution is -0.115. The highest BCUT2D eigenvalue weighted by atomic mass is 127. The van der Waals surface area contributed by atoms with Crippen molar-refractivity contribution in [3.05, 3.63) is 30.4 Å². The first-order valence-corrected chi connectivity index (χ1v) is 6.03. The van der Waals surface area contributed by atoms with Gasteiger partial charge in [-0.3, -0.25) is 4.79 Å². The molecule has 1 atom stereocenters. The summed E-state index contributed by atoms with van der Waals surface area (Å²) < 4.78 is 10.9. The third-order valence-corrected chi connectivity index (χ3v) is 3.20. The highest BCUT2D eigenvalue weighted by Crippen LogP contribution is 2.37. The quantitative estimate of drug-likeness (QED) is 0.738. The molecule has 0 bridgehead atoms. The minimum atomic E-state index is -0.260. The molecule has 1 unspecified atom stereocenters. The Labute approximate surface area is 112 Å². The summed E-state index contributed by atoms with van der Waals surface area (Å²) in [6, 6.07) is 5.46. The number of carbonyl (C=O) groups is 1. The number of hydrogen-bond donors (Lipinski definition) is 0. The highest BCUT2D eigenvalue weighted by Gasteiger charge is 2.27. The highest BCUT2D eigenvalue weighted by molar-refractivity contribution is 14.1. The van der Waals surface area contributed by atoms with Crippen LogP contribution < -0.4 is 7.80 Å². The molecule has 1 aliphatic heterocycles. The Morgan fingerprint density at radius 3 is 3.12 bits per heavy atom. The van der Waals surface area contributed by atoms with E-state index in [0.717, 1.165) is 11.4 Å². The Hall–Kier alpha value is -1.37. The molecule has 3 rings (SSSR count). The lowest BCUT2D eigenvalue weighted by Gasteiger charge is -2.26. The lowest BCUT2D eigenvalue weighted by atomic mass is 10.00. The summed E-state index contributed by atoms with van der Waals surface area (Å²) in [4.78, 5) is 15.8. The van der Waals surface area contributed by atoms with Gasteiger partial charge >= 0.3 is 0 Å². The second kappa shape index (κ2) is 4.14. The van der Waals surface area contributed by atoms with E-state index in [9.17, 15) is 4.79 Å². The van der Waals surface area contributed by atoms with E-state index in [1.165, 1.54) is 0 Å². The van der Waals surface area contributed by atoms with Crippen LogP contribution in [0.25, 0.3) is 0 Å². The Bertz CT molecular complexity index is 551. The Morgan fingerprint density at radius 2 is 2.29 bits per heavy atom. The molecule has 1 aliphatic carbocycles. The molecule has 0 saturated carbocycles. The number of benzene rings is 1. The molecule has 0 amide bonds. The van der Waals surface area contributed by atoms with E-state index in [1.54, 1.807) is 18.2 Å². The van der Waals surface area contributed by atoms with Gasteiger partial charge < -0.3 is 7.80 Å². The van der Waals surface area contributed by atoms with E-state index in [0.29, 0.717) is 17.9 Å². The summed E-state index contributed by atoms with van der Waals surface area (Å²) in [5.74, 6) is 1.44. The Morgan fingerprint density at radius 1 is 1.41 bits per heavy atom. The maximum atomic E-state index is 11.3. The summed E-state index contributed by atoms with van der Waals surface area (Å²) in [6.07, 6.45) is 3.36. The summed E-state index contributed by atoms with van der Waals surface area (Å²) >= 11 is 1.81. The largest absolute Gasteiger partial charge is 0.481 e. The molecule has 1 aromatic rings. The molecule has 0 saturated heterocycles. The molecular weight excluding hydrogens is 333 g/mol. The zero-order chi connectivity index (χ0) is 11.8. The van der Waals surface area contributed by atoms with Crippen LogP contribution in [0.2, 0.25) is 0 Å². The number of carbonyl (C=O) groups excluding carboxylic acids is 1. The van der Waals surface area contributed by atoms with E-state index < -0.39 is 0 Å². The number of hydrogen-bond acceptors (Lipinski definition) is 4. The first-order chi connectivity index (χ1) is 8.26. The fourth-order valence-corrected chi connectivity index (χ4v) is 2.15. The predicted octanol–water partition coefficient (Wildman–Crippen LogP) is 2.78. The van der Waals surface area contributed by atoms with Crippen LogP contribution in [0.1, 0.15) is 6.42 Å². The van der Waals surface area contributed by atoms with Gasteiger partial charge in [0.2, 0.25) is 0 Å². The van der Waals surface area contributed by atoms with Gasteiger partial charge in [-0.25, -0.2) is 4.99 Å². The van der Waals surface area contributed by atoms with Crippen molar-refractivity contribution in [2.75, 3.05) is 0 Å². The van der Waals surface area contributed by atoms with Crippen LogP contribution in [0.15, 0.2) is 35.3 Å². The fourth-order valence-electron chi connectivity index (χ4n) is 1.87. The third kappa shape index (κ3) is 1.95. The minimum Gasteiger partial charge on any atom is -0.481 e. The van der Waals surface area contributed by atoms with Gasteiger partial charge in [0, 0.05) is 6.07 Å². The topological polar surface area (TPSA) is 47.9 Å². The van der Waals surface area contributed by atoms with Gasteiger partial charge in [-0.2, -0.15) is 0 Å². The molecule has 2 aliphatic rings. The molecule has 86 valence electrons. The van der Waals surface area contributed by atoms with Crippen LogP contribution in [-0.4, -0.2) is 17.6 Å². The number of ketones is 1. The van der Waals surface area contributed by atoms with E-state index >= 15 is 0 Å². The fraction of sp³-hybridized carbons (Fsp3) is 0.167. The monoisotopic (exact) mass is 341 g/mol. The minimum absolute atomic E-state index is 0.0682. The van der Waals surface area contributed by atoms with Gasteiger partial charge in [0.15, 0.2) is 28.8 Å². The standard InChI is InChI=1S/C12H8INO3/c13-17-8-2-4-10-12(6-8)16-11-5-7(15)1-3-9(11)14-10/h1-4,6,11H,5H2. The Kier molecular flexibility index (Phi) is 2.62. The number of halogens is 1. The number of fused-ring (bicyclic) bond motifs is 2. The molecule has 0 spiro atoms. The van der Waals surface area contributed by atoms with E-state index in [2.05, 4.69) is 4.99 Å². The van der Waals surface area contributed by atoms with Crippen LogP contribution in [-0.2, 0) is 4.79 Å². The van der Waals surface area contributed by atoms with Crippen LogP contribution in [0.4, 0.5) is 5.69 Å². The maximum Gasteiger partial charge on any atom is 0.192 e. The van der Waals surface area contributed by atoms with Crippen LogP contribution >= 0.6 is 23.0 Å². The van der Waals surface area contributed by atoms with E-state index in [-0.39, 0.29) is 11.9 Å². The number of nitrogens with zero attached hydrogens (tertiary/aromatic N) is 1.